The first-order valence-corrected chi connectivity index (χ1v) is 7.62. The molecule has 1 heterocycles. The molecule has 0 bridgehead atoms. The third-order valence-corrected chi connectivity index (χ3v) is 3.88. The number of anilines is 1. The number of tetrazole rings is 1. The van der Waals surface area contributed by atoms with Gasteiger partial charge in [-0.2, -0.15) is 0 Å². The quantitative estimate of drug-likeness (QED) is 0.681. The Bertz CT molecular complexity index is 799. The van der Waals surface area contributed by atoms with Crippen LogP contribution in [0.2, 0.25) is 0 Å². The van der Waals surface area contributed by atoms with Gasteiger partial charge in [-0.05, 0) is 88.0 Å². The SMILES string of the molecule is Cc1cc(C(=O)Nc2ccc(I)cc2)ccc1-n1cnnn1. The number of carbonyl (C=O) groups excluding carboxylic acids is 1. The van der Waals surface area contributed by atoms with Crippen LogP contribution < -0.4 is 5.32 Å². The number of nitrogens with one attached hydrogen (secondary N) is 1. The summed E-state index contributed by atoms with van der Waals surface area (Å²) in [5, 5.41) is 14.0. The van der Waals surface area contributed by atoms with Crippen LogP contribution in [0.1, 0.15) is 15.9 Å². The van der Waals surface area contributed by atoms with Crippen LogP contribution in [0.3, 0.4) is 0 Å². The van der Waals surface area contributed by atoms with Gasteiger partial charge in [-0.15, -0.1) is 5.10 Å². The van der Waals surface area contributed by atoms with Gasteiger partial charge in [0.15, 0.2) is 0 Å². The maximum Gasteiger partial charge on any atom is 0.255 e. The Labute approximate surface area is 140 Å². The summed E-state index contributed by atoms with van der Waals surface area (Å²) in [4.78, 5) is 12.3. The van der Waals surface area contributed by atoms with Gasteiger partial charge in [-0.3, -0.25) is 4.79 Å². The topological polar surface area (TPSA) is 72.7 Å². The first kappa shape index (κ1) is 14.6. The van der Waals surface area contributed by atoms with Crippen molar-refractivity contribution < 1.29 is 4.79 Å². The average molecular weight is 405 g/mol. The molecule has 1 N–H and O–H groups in total. The van der Waals surface area contributed by atoms with Crippen LogP contribution in [-0.4, -0.2) is 26.1 Å². The van der Waals surface area contributed by atoms with E-state index in [0.717, 1.165) is 20.5 Å². The normalized spacial score (nSPS) is 10.5. The summed E-state index contributed by atoms with van der Waals surface area (Å²) in [6.07, 6.45) is 1.52. The van der Waals surface area contributed by atoms with E-state index in [4.69, 9.17) is 0 Å². The summed E-state index contributed by atoms with van der Waals surface area (Å²) in [5.74, 6) is -0.146. The number of amides is 1. The molecule has 3 aromatic rings. The van der Waals surface area contributed by atoms with Gasteiger partial charge in [0.05, 0.1) is 5.69 Å². The fourth-order valence-electron chi connectivity index (χ4n) is 2.06. The van der Waals surface area contributed by atoms with Crippen molar-refractivity contribution in [2.45, 2.75) is 6.92 Å². The lowest BCUT2D eigenvalue weighted by Gasteiger charge is -2.09. The van der Waals surface area contributed by atoms with Gasteiger partial charge >= 0.3 is 0 Å². The second-order valence-electron chi connectivity index (χ2n) is 4.72. The highest BCUT2D eigenvalue weighted by Gasteiger charge is 2.09. The Morgan fingerprint density at radius 2 is 1.95 bits per heavy atom. The van der Waals surface area contributed by atoms with Crippen LogP contribution in [0.4, 0.5) is 5.69 Å². The minimum atomic E-state index is -0.146. The molecule has 6 nitrogen and oxygen atoms in total. The Hall–Kier alpha value is -2.29. The van der Waals surface area contributed by atoms with Crippen molar-refractivity contribution in [1.29, 1.82) is 0 Å². The van der Waals surface area contributed by atoms with Crippen LogP contribution in [0.5, 0.6) is 0 Å². The number of aryl methyl sites for hydroxylation is 1. The summed E-state index contributed by atoms with van der Waals surface area (Å²) < 4.78 is 2.69. The zero-order valence-electron chi connectivity index (χ0n) is 11.7. The number of halogens is 1. The fourth-order valence-corrected chi connectivity index (χ4v) is 2.42. The zero-order chi connectivity index (χ0) is 15.5. The van der Waals surface area contributed by atoms with Gasteiger partial charge < -0.3 is 5.32 Å². The van der Waals surface area contributed by atoms with Crippen molar-refractivity contribution in [2.24, 2.45) is 0 Å². The first-order valence-electron chi connectivity index (χ1n) is 6.54. The molecule has 0 aliphatic rings. The van der Waals surface area contributed by atoms with Crippen LogP contribution in [0, 0.1) is 10.5 Å². The molecule has 0 radical (unpaired) electrons. The number of nitrogens with zero attached hydrogens (tertiary/aromatic N) is 4. The molecule has 1 amide bonds. The van der Waals surface area contributed by atoms with Crippen molar-refractivity contribution in [3.05, 3.63) is 63.5 Å². The second kappa shape index (κ2) is 6.22. The van der Waals surface area contributed by atoms with E-state index in [0.29, 0.717) is 5.56 Å². The number of carbonyl (C=O) groups is 1. The molecule has 0 aliphatic heterocycles. The van der Waals surface area contributed by atoms with E-state index in [-0.39, 0.29) is 5.91 Å². The van der Waals surface area contributed by atoms with Crippen molar-refractivity contribution in [3.63, 3.8) is 0 Å². The molecule has 0 unspecified atom stereocenters. The minimum Gasteiger partial charge on any atom is -0.322 e. The van der Waals surface area contributed by atoms with Gasteiger partial charge in [-0.25, -0.2) is 4.68 Å². The highest BCUT2D eigenvalue weighted by atomic mass is 127. The lowest BCUT2D eigenvalue weighted by molar-refractivity contribution is 0.102. The number of aromatic nitrogens is 4. The van der Waals surface area contributed by atoms with Crippen molar-refractivity contribution in [3.8, 4) is 5.69 Å². The van der Waals surface area contributed by atoms with E-state index < -0.39 is 0 Å². The van der Waals surface area contributed by atoms with E-state index in [9.17, 15) is 4.79 Å². The minimum absolute atomic E-state index is 0.146. The number of rotatable bonds is 3. The molecule has 0 saturated heterocycles. The van der Waals surface area contributed by atoms with Gasteiger partial charge in [-0.1, -0.05) is 0 Å². The molecule has 0 aliphatic carbocycles. The molecule has 0 spiro atoms. The highest BCUT2D eigenvalue weighted by Crippen LogP contribution is 2.17. The smallest absolute Gasteiger partial charge is 0.255 e. The lowest BCUT2D eigenvalue weighted by Crippen LogP contribution is -2.12. The lowest BCUT2D eigenvalue weighted by atomic mass is 10.1. The molecule has 110 valence electrons. The number of benzene rings is 2. The summed E-state index contributed by atoms with van der Waals surface area (Å²) in [6, 6.07) is 13.0. The van der Waals surface area contributed by atoms with Crippen molar-refractivity contribution >= 4 is 34.2 Å². The summed E-state index contributed by atoms with van der Waals surface area (Å²) in [7, 11) is 0. The number of hydrogen-bond acceptors (Lipinski definition) is 4. The molecule has 7 heteroatoms. The Morgan fingerprint density at radius 3 is 2.59 bits per heavy atom. The predicted octanol–water partition coefficient (Wildman–Crippen LogP) is 2.83. The summed E-state index contributed by atoms with van der Waals surface area (Å²) in [5.41, 5.74) is 3.12. The van der Waals surface area contributed by atoms with E-state index in [2.05, 4.69) is 43.4 Å². The van der Waals surface area contributed by atoms with E-state index >= 15 is 0 Å². The Kier molecular flexibility index (Phi) is 4.14. The van der Waals surface area contributed by atoms with Crippen LogP contribution in [0.25, 0.3) is 5.69 Å². The van der Waals surface area contributed by atoms with Gasteiger partial charge in [0.1, 0.15) is 6.33 Å². The third-order valence-electron chi connectivity index (χ3n) is 3.16. The molecule has 2 aromatic carbocycles. The van der Waals surface area contributed by atoms with Crippen LogP contribution in [0.15, 0.2) is 48.8 Å². The van der Waals surface area contributed by atoms with Gasteiger partial charge in [0.2, 0.25) is 0 Å². The summed E-state index contributed by atoms with van der Waals surface area (Å²) in [6.45, 7) is 1.92. The molecule has 1 aromatic heterocycles. The Morgan fingerprint density at radius 1 is 1.18 bits per heavy atom. The average Bonchev–Trinajstić information content (AvgIpc) is 3.03. The Balaban J connectivity index is 1.81. The maximum absolute atomic E-state index is 12.3. The van der Waals surface area contributed by atoms with Crippen molar-refractivity contribution in [1.82, 2.24) is 20.2 Å². The summed E-state index contributed by atoms with van der Waals surface area (Å²) >= 11 is 2.22. The van der Waals surface area contributed by atoms with E-state index in [1.807, 2.05) is 43.3 Å². The molecule has 0 atom stereocenters. The highest BCUT2D eigenvalue weighted by molar-refractivity contribution is 14.1. The molecule has 3 rings (SSSR count). The standard InChI is InChI=1S/C15H12IN5O/c1-10-8-11(2-7-14(10)21-9-17-19-20-21)15(22)18-13-5-3-12(16)4-6-13/h2-9H,1H3,(H,18,22). The first-order chi connectivity index (χ1) is 10.6. The van der Waals surface area contributed by atoms with Crippen LogP contribution in [-0.2, 0) is 0 Å². The van der Waals surface area contributed by atoms with Gasteiger partial charge in [0, 0.05) is 14.8 Å². The molecular weight excluding hydrogens is 393 g/mol. The monoisotopic (exact) mass is 405 g/mol. The second-order valence-corrected chi connectivity index (χ2v) is 5.96. The van der Waals surface area contributed by atoms with Gasteiger partial charge in [0.25, 0.3) is 5.91 Å². The maximum atomic E-state index is 12.3. The zero-order valence-corrected chi connectivity index (χ0v) is 13.9. The number of hydrogen-bond donors (Lipinski definition) is 1. The van der Waals surface area contributed by atoms with E-state index in [1.165, 1.54) is 6.33 Å². The molecule has 0 fully saturated rings. The predicted molar refractivity (Wildman–Crippen MR) is 91.0 cm³/mol. The molecule has 0 saturated carbocycles. The van der Waals surface area contributed by atoms with E-state index in [1.54, 1.807) is 10.7 Å². The largest absolute Gasteiger partial charge is 0.322 e. The fraction of sp³-hybridized carbons (Fsp3) is 0.0667. The molecular formula is C15H12IN5O. The van der Waals surface area contributed by atoms with Crippen LogP contribution >= 0.6 is 22.6 Å². The van der Waals surface area contributed by atoms with Crippen molar-refractivity contribution in [2.75, 3.05) is 5.32 Å². The molecule has 22 heavy (non-hydrogen) atoms. The third kappa shape index (κ3) is 3.14.